The van der Waals surface area contributed by atoms with E-state index in [2.05, 4.69) is 24.1 Å². The van der Waals surface area contributed by atoms with Crippen LogP contribution in [0, 0.1) is 18.7 Å². The highest BCUT2D eigenvalue weighted by Gasteiger charge is 2.17. The first-order valence-electron chi connectivity index (χ1n) is 8.29. The molecule has 1 aliphatic rings. The summed E-state index contributed by atoms with van der Waals surface area (Å²) in [6, 6.07) is 5.81. The van der Waals surface area contributed by atoms with E-state index in [0.717, 1.165) is 38.2 Å². The Kier molecular flexibility index (Phi) is 6.19. The number of rotatable bonds is 4. The number of halogens is 1. The Labute approximate surface area is 128 Å². The molecule has 2 atom stereocenters. The first-order valence-corrected chi connectivity index (χ1v) is 8.29. The van der Waals surface area contributed by atoms with E-state index in [0.29, 0.717) is 12.0 Å². The maximum Gasteiger partial charge on any atom is 0.123 e. The second-order valence-corrected chi connectivity index (χ2v) is 6.53. The molecular weight excluding hydrogens is 263 g/mol. The van der Waals surface area contributed by atoms with Gasteiger partial charge in [-0.1, -0.05) is 19.9 Å². The zero-order valence-corrected chi connectivity index (χ0v) is 13.7. The lowest BCUT2D eigenvalue weighted by Gasteiger charge is -2.32. The van der Waals surface area contributed by atoms with Crippen molar-refractivity contribution in [2.75, 3.05) is 26.2 Å². The predicted octanol–water partition coefficient (Wildman–Crippen LogP) is 3.39. The zero-order valence-electron chi connectivity index (χ0n) is 13.7. The van der Waals surface area contributed by atoms with Crippen LogP contribution >= 0.6 is 0 Å². The van der Waals surface area contributed by atoms with Gasteiger partial charge in [-0.3, -0.25) is 0 Å². The van der Waals surface area contributed by atoms with Gasteiger partial charge in [0.15, 0.2) is 0 Å². The van der Waals surface area contributed by atoms with Gasteiger partial charge in [0.1, 0.15) is 5.82 Å². The highest BCUT2D eigenvalue weighted by atomic mass is 19.1. The van der Waals surface area contributed by atoms with Crippen molar-refractivity contribution in [3.05, 3.63) is 35.1 Å². The minimum absolute atomic E-state index is 0.131. The zero-order chi connectivity index (χ0) is 15.2. The van der Waals surface area contributed by atoms with Crippen LogP contribution in [0.2, 0.25) is 0 Å². The van der Waals surface area contributed by atoms with E-state index in [-0.39, 0.29) is 5.82 Å². The monoisotopic (exact) mass is 292 g/mol. The summed E-state index contributed by atoms with van der Waals surface area (Å²) >= 11 is 0. The normalized spacial score (nSPS) is 24.6. The minimum Gasteiger partial charge on any atom is -0.314 e. The summed E-state index contributed by atoms with van der Waals surface area (Å²) in [5.74, 6) is 0.557. The molecule has 1 heterocycles. The van der Waals surface area contributed by atoms with Crippen molar-refractivity contribution < 1.29 is 4.39 Å². The summed E-state index contributed by atoms with van der Waals surface area (Å²) in [5, 5.41) is 3.66. The quantitative estimate of drug-likeness (QED) is 0.915. The van der Waals surface area contributed by atoms with Crippen molar-refractivity contribution in [3.8, 4) is 0 Å². The standard InChI is InChI=1S/C18H29FN2/c1-4-18-8-10-21(13-14(2)12-20-18)9-7-16-5-6-17(19)11-15(16)3/h5-6,11,14,18,20H,4,7-10,12-13H2,1-3H3. The fourth-order valence-electron chi connectivity index (χ4n) is 3.17. The topological polar surface area (TPSA) is 15.3 Å². The Bertz CT molecular complexity index is 447. The molecule has 3 heteroatoms. The number of hydrogen-bond acceptors (Lipinski definition) is 2. The lowest BCUT2D eigenvalue weighted by molar-refractivity contribution is 0.199. The molecule has 1 aromatic rings. The van der Waals surface area contributed by atoms with Gasteiger partial charge in [0.25, 0.3) is 0 Å². The Morgan fingerprint density at radius 1 is 1.38 bits per heavy atom. The van der Waals surface area contributed by atoms with Crippen LogP contribution in [-0.4, -0.2) is 37.1 Å². The highest BCUT2D eigenvalue weighted by molar-refractivity contribution is 5.26. The molecule has 1 fully saturated rings. The van der Waals surface area contributed by atoms with Gasteiger partial charge < -0.3 is 10.2 Å². The van der Waals surface area contributed by atoms with E-state index in [1.165, 1.54) is 18.4 Å². The van der Waals surface area contributed by atoms with E-state index in [9.17, 15) is 4.39 Å². The molecule has 0 aromatic heterocycles. The third kappa shape index (κ3) is 5.08. The van der Waals surface area contributed by atoms with Crippen LogP contribution in [0.1, 0.15) is 37.8 Å². The van der Waals surface area contributed by atoms with E-state index in [1.54, 1.807) is 12.1 Å². The summed E-state index contributed by atoms with van der Waals surface area (Å²) in [6.45, 7) is 11.1. The summed E-state index contributed by atoms with van der Waals surface area (Å²) in [4.78, 5) is 2.58. The molecule has 2 unspecified atom stereocenters. The van der Waals surface area contributed by atoms with Crippen molar-refractivity contribution >= 4 is 0 Å². The van der Waals surface area contributed by atoms with Crippen molar-refractivity contribution in [3.63, 3.8) is 0 Å². The van der Waals surface area contributed by atoms with Crippen LogP contribution in [0.5, 0.6) is 0 Å². The Hall–Kier alpha value is -0.930. The summed E-state index contributed by atoms with van der Waals surface area (Å²) in [6.07, 6.45) is 3.45. The molecule has 118 valence electrons. The lowest BCUT2D eigenvalue weighted by Crippen LogP contribution is -2.44. The second kappa shape index (κ2) is 7.90. The Morgan fingerprint density at radius 3 is 2.90 bits per heavy atom. The third-order valence-corrected chi connectivity index (χ3v) is 4.61. The Morgan fingerprint density at radius 2 is 2.19 bits per heavy atom. The average molecular weight is 292 g/mol. The molecule has 1 aromatic carbocycles. The van der Waals surface area contributed by atoms with E-state index in [1.807, 2.05) is 13.0 Å². The van der Waals surface area contributed by atoms with Crippen LogP contribution in [0.4, 0.5) is 4.39 Å². The van der Waals surface area contributed by atoms with Gasteiger partial charge in [0.2, 0.25) is 0 Å². The van der Waals surface area contributed by atoms with Crippen LogP contribution in [-0.2, 0) is 6.42 Å². The smallest absolute Gasteiger partial charge is 0.123 e. The predicted molar refractivity (Wildman–Crippen MR) is 87.1 cm³/mol. The summed E-state index contributed by atoms with van der Waals surface area (Å²) in [5.41, 5.74) is 2.35. The molecule has 1 aliphatic heterocycles. The van der Waals surface area contributed by atoms with E-state index in [4.69, 9.17) is 0 Å². The molecule has 0 radical (unpaired) electrons. The van der Waals surface area contributed by atoms with Crippen molar-refractivity contribution in [1.29, 1.82) is 0 Å². The second-order valence-electron chi connectivity index (χ2n) is 6.53. The number of hydrogen-bond donors (Lipinski definition) is 1. The molecule has 0 bridgehead atoms. The molecule has 0 aliphatic carbocycles. The van der Waals surface area contributed by atoms with Gasteiger partial charge in [0, 0.05) is 19.1 Å². The minimum atomic E-state index is -0.131. The van der Waals surface area contributed by atoms with Gasteiger partial charge in [-0.05, 0) is 68.5 Å². The molecule has 2 rings (SSSR count). The van der Waals surface area contributed by atoms with Crippen molar-refractivity contribution in [2.45, 2.75) is 46.1 Å². The average Bonchev–Trinajstić information content (AvgIpc) is 2.43. The number of nitrogens with zero attached hydrogens (tertiary/aromatic N) is 1. The molecular formula is C18H29FN2. The van der Waals surface area contributed by atoms with Crippen molar-refractivity contribution in [2.24, 2.45) is 5.92 Å². The molecule has 0 amide bonds. The van der Waals surface area contributed by atoms with Gasteiger partial charge in [-0.2, -0.15) is 0 Å². The molecule has 21 heavy (non-hydrogen) atoms. The largest absolute Gasteiger partial charge is 0.314 e. The molecule has 1 saturated heterocycles. The van der Waals surface area contributed by atoms with Gasteiger partial charge in [0.05, 0.1) is 0 Å². The summed E-state index contributed by atoms with van der Waals surface area (Å²) < 4.78 is 13.2. The lowest BCUT2D eigenvalue weighted by atomic mass is 10.0. The maximum absolute atomic E-state index is 13.2. The fraction of sp³-hybridized carbons (Fsp3) is 0.667. The number of aryl methyl sites for hydroxylation is 1. The molecule has 0 saturated carbocycles. The van der Waals surface area contributed by atoms with E-state index < -0.39 is 0 Å². The maximum atomic E-state index is 13.2. The number of nitrogens with one attached hydrogen (secondary N) is 1. The molecule has 0 spiro atoms. The fourth-order valence-corrected chi connectivity index (χ4v) is 3.17. The molecule has 2 nitrogen and oxygen atoms in total. The van der Waals surface area contributed by atoms with Crippen LogP contribution < -0.4 is 5.32 Å². The first kappa shape index (κ1) is 16.4. The van der Waals surface area contributed by atoms with Gasteiger partial charge in [-0.25, -0.2) is 4.39 Å². The third-order valence-electron chi connectivity index (χ3n) is 4.61. The SMILES string of the molecule is CCC1CCN(CCc2ccc(F)cc2C)CC(C)CN1. The van der Waals surface area contributed by atoms with E-state index >= 15 is 0 Å². The van der Waals surface area contributed by atoms with Crippen molar-refractivity contribution in [1.82, 2.24) is 10.2 Å². The molecule has 1 N–H and O–H groups in total. The van der Waals surface area contributed by atoms with Crippen LogP contribution in [0.3, 0.4) is 0 Å². The first-order chi connectivity index (χ1) is 10.1. The highest BCUT2D eigenvalue weighted by Crippen LogP contribution is 2.14. The van der Waals surface area contributed by atoms with Gasteiger partial charge in [-0.15, -0.1) is 0 Å². The van der Waals surface area contributed by atoms with Crippen LogP contribution in [0.15, 0.2) is 18.2 Å². The number of benzene rings is 1. The Balaban J connectivity index is 1.91. The summed E-state index contributed by atoms with van der Waals surface area (Å²) in [7, 11) is 0. The van der Waals surface area contributed by atoms with Gasteiger partial charge >= 0.3 is 0 Å². The van der Waals surface area contributed by atoms with Crippen LogP contribution in [0.25, 0.3) is 0 Å².